The lowest BCUT2D eigenvalue weighted by Crippen LogP contribution is -2.72. The molecule has 5 aliphatic rings. The molecule has 1 N–H and O–H groups in total. The molecule has 166 valence electrons. The highest BCUT2D eigenvalue weighted by atomic mass is 16.3. The molecule has 4 fully saturated rings. The van der Waals surface area contributed by atoms with E-state index in [2.05, 4.69) is 18.7 Å². The molecule has 30 heavy (non-hydrogen) atoms. The second-order valence-corrected chi connectivity index (χ2v) is 11.5. The number of ketones is 2. The number of piperidine rings is 1. The van der Waals surface area contributed by atoms with Gasteiger partial charge in [0, 0.05) is 30.8 Å². The second kappa shape index (κ2) is 7.00. The van der Waals surface area contributed by atoms with E-state index in [1.165, 1.54) is 24.8 Å². The molecule has 1 heterocycles. The molecule has 1 aliphatic heterocycles. The number of fused-ring (bicyclic) bond motifs is 4. The molecule has 4 nitrogen and oxygen atoms in total. The van der Waals surface area contributed by atoms with Gasteiger partial charge in [-0.3, -0.25) is 14.5 Å². The van der Waals surface area contributed by atoms with Crippen molar-refractivity contribution >= 4 is 11.6 Å². The number of carbonyl (C=O) groups excluding carboxylic acids is 2. The highest BCUT2D eigenvalue weighted by molar-refractivity contribution is 5.92. The Morgan fingerprint density at radius 1 is 1.00 bits per heavy atom. The van der Waals surface area contributed by atoms with E-state index >= 15 is 0 Å². The lowest BCUT2D eigenvalue weighted by Gasteiger charge is -2.65. The average Bonchev–Trinajstić information content (AvgIpc) is 3.10. The Morgan fingerprint density at radius 2 is 1.73 bits per heavy atom. The number of hydrogen-bond acceptors (Lipinski definition) is 4. The minimum Gasteiger partial charge on any atom is -0.393 e. The van der Waals surface area contributed by atoms with Crippen molar-refractivity contribution in [1.82, 2.24) is 4.90 Å². The van der Waals surface area contributed by atoms with Crippen LogP contribution in [0.5, 0.6) is 0 Å². The quantitative estimate of drug-likeness (QED) is 0.680. The molecule has 0 aromatic carbocycles. The number of aliphatic hydroxyl groups is 1. The molecular formula is C26H39NO3. The number of aliphatic hydroxyl groups excluding tert-OH is 1. The summed E-state index contributed by atoms with van der Waals surface area (Å²) in [5, 5.41) is 10.1. The molecule has 3 saturated carbocycles. The van der Waals surface area contributed by atoms with Crippen molar-refractivity contribution in [3.8, 4) is 0 Å². The van der Waals surface area contributed by atoms with Gasteiger partial charge in [0.1, 0.15) is 5.78 Å². The number of nitrogens with zero attached hydrogens (tertiary/aromatic N) is 1. The summed E-state index contributed by atoms with van der Waals surface area (Å²) in [7, 11) is 0. The van der Waals surface area contributed by atoms with E-state index in [1.807, 2.05) is 0 Å². The third-order valence-corrected chi connectivity index (χ3v) is 10.4. The second-order valence-electron chi connectivity index (χ2n) is 11.5. The fraction of sp³-hybridized carbons (Fsp3) is 0.846. The largest absolute Gasteiger partial charge is 0.393 e. The van der Waals surface area contributed by atoms with E-state index in [1.54, 1.807) is 12.5 Å². The molecule has 5 unspecified atom stereocenters. The average molecular weight is 414 g/mol. The number of Topliss-reactive ketones (excluding diaryl/α,β-unsaturated/α-hetero) is 2. The van der Waals surface area contributed by atoms with Crippen molar-refractivity contribution in [2.75, 3.05) is 13.1 Å². The van der Waals surface area contributed by atoms with Crippen LogP contribution in [0.4, 0.5) is 0 Å². The number of likely N-dealkylation sites (tertiary alicyclic amines) is 1. The molecule has 0 radical (unpaired) electrons. The molecule has 0 spiro atoms. The zero-order valence-corrected chi connectivity index (χ0v) is 19.1. The summed E-state index contributed by atoms with van der Waals surface area (Å²) in [6.07, 6.45) is 10.6. The van der Waals surface area contributed by atoms with E-state index in [9.17, 15) is 14.7 Å². The fourth-order valence-corrected chi connectivity index (χ4v) is 8.95. The first-order valence-electron chi connectivity index (χ1n) is 12.4. The van der Waals surface area contributed by atoms with Crippen LogP contribution < -0.4 is 0 Å². The van der Waals surface area contributed by atoms with Crippen LogP contribution in [0.25, 0.3) is 0 Å². The zero-order chi connectivity index (χ0) is 21.3. The third kappa shape index (κ3) is 2.59. The molecule has 0 aromatic rings. The van der Waals surface area contributed by atoms with Crippen LogP contribution in [0, 0.1) is 22.7 Å². The van der Waals surface area contributed by atoms with E-state index in [-0.39, 0.29) is 28.6 Å². The number of carbonyl (C=O) groups is 2. The Bertz CT molecular complexity index is 794. The third-order valence-electron chi connectivity index (χ3n) is 10.4. The summed E-state index contributed by atoms with van der Waals surface area (Å²) in [6, 6.07) is 0. The first kappa shape index (κ1) is 20.9. The molecule has 4 heteroatoms. The standard InChI is InChI=1S/C26H39NO3/c1-17(28)26(27-14-9-18(29)10-15-27)12-5-7-22-23(30)16-19-20-6-4-11-24(20,2)13-8-21(19)25(22,26)3/h18,21-22,29H,4-16H2,1-3H3. The highest BCUT2D eigenvalue weighted by Crippen LogP contribution is 2.66. The Labute approximate surface area is 181 Å². The van der Waals surface area contributed by atoms with Crippen LogP contribution in [0.2, 0.25) is 0 Å². The molecule has 4 aliphatic carbocycles. The summed E-state index contributed by atoms with van der Waals surface area (Å²) in [4.78, 5) is 29.6. The summed E-state index contributed by atoms with van der Waals surface area (Å²) >= 11 is 0. The first-order valence-corrected chi connectivity index (χ1v) is 12.4. The van der Waals surface area contributed by atoms with E-state index in [0.29, 0.717) is 18.1 Å². The van der Waals surface area contributed by atoms with Gasteiger partial charge in [0.15, 0.2) is 5.78 Å². The molecule has 0 bridgehead atoms. The predicted molar refractivity (Wildman–Crippen MR) is 117 cm³/mol. The zero-order valence-electron chi connectivity index (χ0n) is 19.1. The van der Waals surface area contributed by atoms with Gasteiger partial charge >= 0.3 is 0 Å². The maximum Gasteiger partial charge on any atom is 0.150 e. The van der Waals surface area contributed by atoms with Crippen molar-refractivity contribution < 1.29 is 14.7 Å². The Morgan fingerprint density at radius 3 is 2.43 bits per heavy atom. The van der Waals surface area contributed by atoms with Crippen molar-refractivity contribution in [1.29, 1.82) is 0 Å². The minimum atomic E-state index is -0.561. The summed E-state index contributed by atoms with van der Waals surface area (Å²) in [6.45, 7) is 8.07. The van der Waals surface area contributed by atoms with Crippen molar-refractivity contribution in [2.24, 2.45) is 22.7 Å². The van der Waals surface area contributed by atoms with Gasteiger partial charge in [-0.2, -0.15) is 0 Å². The van der Waals surface area contributed by atoms with Crippen LogP contribution in [0.15, 0.2) is 11.1 Å². The molecule has 1 saturated heterocycles. The van der Waals surface area contributed by atoms with Crippen molar-refractivity contribution in [3.63, 3.8) is 0 Å². The van der Waals surface area contributed by atoms with Crippen LogP contribution >= 0.6 is 0 Å². The summed E-state index contributed by atoms with van der Waals surface area (Å²) in [5.41, 5.74) is 2.44. The van der Waals surface area contributed by atoms with Crippen LogP contribution in [-0.2, 0) is 9.59 Å². The maximum atomic E-state index is 13.6. The van der Waals surface area contributed by atoms with Crippen molar-refractivity contribution in [2.45, 2.75) is 103 Å². The molecule has 0 aromatic heterocycles. The topological polar surface area (TPSA) is 57.6 Å². The van der Waals surface area contributed by atoms with Crippen LogP contribution in [0.3, 0.4) is 0 Å². The molecule has 5 rings (SSSR count). The number of rotatable bonds is 2. The minimum absolute atomic E-state index is 0.00195. The highest BCUT2D eigenvalue weighted by Gasteiger charge is 2.67. The lowest BCUT2D eigenvalue weighted by molar-refractivity contribution is -0.173. The molecular weight excluding hydrogens is 374 g/mol. The molecule has 0 amide bonds. The van der Waals surface area contributed by atoms with Crippen LogP contribution in [0.1, 0.15) is 91.4 Å². The van der Waals surface area contributed by atoms with E-state index < -0.39 is 5.54 Å². The first-order chi connectivity index (χ1) is 14.2. The Kier molecular flexibility index (Phi) is 4.87. The normalized spacial score (nSPS) is 45.1. The van der Waals surface area contributed by atoms with Gasteiger partial charge in [0.25, 0.3) is 0 Å². The fourth-order valence-electron chi connectivity index (χ4n) is 8.95. The van der Waals surface area contributed by atoms with Gasteiger partial charge in [-0.25, -0.2) is 0 Å². The maximum absolute atomic E-state index is 13.6. The predicted octanol–water partition coefficient (Wildman–Crippen LogP) is 4.45. The molecule has 5 atom stereocenters. The summed E-state index contributed by atoms with van der Waals surface area (Å²) < 4.78 is 0. The monoisotopic (exact) mass is 413 g/mol. The smallest absolute Gasteiger partial charge is 0.150 e. The van der Waals surface area contributed by atoms with Gasteiger partial charge in [0.05, 0.1) is 11.6 Å². The number of hydrogen-bond donors (Lipinski definition) is 1. The van der Waals surface area contributed by atoms with E-state index in [0.717, 1.165) is 58.0 Å². The van der Waals surface area contributed by atoms with Gasteiger partial charge in [-0.05, 0) is 76.0 Å². The van der Waals surface area contributed by atoms with Gasteiger partial charge in [-0.15, -0.1) is 0 Å². The van der Waals surface area contributed by atoms with E-state index in [4.69, 9.17) is 0 Å². The Hall–Kier alpha value is -1.00. The van der Waals surface area contributed by atoms with Gasteiger partial charge < -0.3 is 5.11 Å². The number of allylic oxidation sites excluding steroid dienone is 2. The van der Waals surface area contributed by atoms with Gasteiger partial charge in [-0.1, -0.05) is 31.4 Å². The Balaban J connectivity index is 1.67. The lowest BCUT2D eigenvalue weighted by atomic mass is 9.42. The van der Waals surface area contributed by atoms with Gasteiger partial charge in [0.2, 0.25) is 0 Å². The summed E-state index contributed by atoms with van der Waals surface area (Å²) in [5.74, 6) is 1.01. The van der Waals surface area contributed by atoms with Crippen molar-refractivity contribution in [3.05, 3.63) is 11.1 Å². The SMILES string of the molecule is CC(=O)C1(N2CCC(O)CC2)CCCC2C(=O)CC3=C4CCCC4(C)CCC3C21C. The van der Waals surface area contributed by atoms with Crippen LogP contribution in [-0.4, -0.2) is 46.3 Å².